The normalized spacial score (nSPS) is 12.2. The average molecular weight is 257 g/mol. The van der Waals surface area contributed by atoms with Gasteiger partial charge in [0.05, 0.1) is 11.8 Å². The fourth-order valence-electron chi connectivity index (χ4n) is 1.96. The molecule has 0 saturated carbocycles. The van der Waals surface area contributed by atoms with E-state index in [-0.39, 0.29) is 0 Å². The first kappa shape index (κ1) is 13.6. The standard InChI is InChI=1S/C16H19NO2/c1-11-7-8-16(15(9-11)13(3)18)19-10-14-6-4-5-12(2)17-14/h4-9,13,18H,10H2,1-3H3/t13-/m1/s1. The first-order chi connectivity index (χ1) is 9.06. The van der Waals surface area contributed by atoms with Gasteiger partial charge < -0.3 is 9.84 Å². The molecule has 0 amide bonds. The Kier molecular flexibility index (Phi) is 4.17. The van der Waals surface area contributed by atoms with E-state index in [9.17, 15) is 5.11 Å². The van der Waals surface area contributed by atoms with Gasteiger partial charge >= 0.3 is 0 Å². The molecule has 0 aliphatic carbocycles. The van der Waals surface area contributed by atoms with Gasteiger partial charge in [-0.2, -0.15) is 0 Å². The molecule has 1 aromatic heterocycles. The van der Waals surface area contributed by atoms with Crippen molar-refractivity contribution in [3.63, 3.8) is 0 Å². The van der Waals surface area contributed by atoms with Crippen LogP contribution in [0.2, 0.25) is 0 Å². The number of aliphatic hydroxyl groups is 1. The quantitative estimate of drug-likeness (QED) is 0.913. The third kappa shape index (κ3) is 3.55. The molecular formula is C16H19NO2. The molecule has 3 nitrogen and oxygen atoms in total. The van der Waals surface area contributed by atoms with E-state index in [2.05, 4.69) is 4.98 Å². The van der Waals surface area contributed by atoms with Gasteiger partial charge in [0, 0.05) is 11.3 Å². The Morgan fingerprint density at radius 1 is 1.21 bits per heavy atom. The van der Waals surface area contributed by atoms with E-state index in [1.165, 1.54) is 0 Å². The van der Waals surface area contributed by atoms with Crippen LogP contribution in [-0.2, 0) is 6.61 Å². The van der Waals surface area contributed by atoms with Crippen molar-refractivity contribution in [1.29, 1.82) is 0 Å². The van der Waals surface area contributed by atoms with Gasteiger partial charge in [0.1, 0.15) is 12.4 Å². The van der Waals surface area contributed by atoms with E-state index in [0.717, 1.165) is 22.5 Å². The summed E-state index contributed by atoms with van der Waals surface area (Å²) in [6, 6.07) is 11.7. The molecule has 0 saturated heterocycles. The molecular weight excluding hydrogens is 238 g/mol. The maximum Gasteiger partial charge on any atom is 0.130 e. The fraction of sp³-hybridized carbons (Fsp3) is 0.312. The molecule has 0 aliphatic rings. The van der Waals surface area contributed by atoms with Crippen molar-refractivity contribution >= 4 is 0 Å². The highest BCUT2D eigenvalue weighted by Crippen LogP contribution is 2.26. The van der Waals surface area contributed by atoms with Crippen LogP contribution in [0.5, 0.6) is 5.75 Å². The zero-order chi connectivity index (χ0) is 13.8. The highest BCUT2D eigenvalue weighted by molar-refractivity contribution is 5.38. The molecule has 1 N–H and O–H groups in total. The molecule has 2 aromatic rings. The van der Waals surface area contributed by atoms with Gasteiger partial charge in [-0.25, -0.2) is 0 Å². The number of hydrogen-bond acceptors (Lipinski definition) is 3. The lowest BCUT2D eigenvalue weighted by Crippen LogP contribution is -2.03. The predicted octanol–water partition coefficient (Wildman–Crippen LogP) is 3.33. The van der Waals surface area contributed by atoms with Gasteiger partial charge in [-0.3, -0.25) is 4.98 Å². The summed E-state index contributed by atoms with van der Waals surface area (Å²) in [6.07, 6.45) is -0.541. The van der Waals surface area contributed by atoms with Gasteiger partial charge in [-0.05, 0) is 45.0 Å². The van der Waals surface area contributed by atoms with Crippen molar-refractivity contribution in [3.8, 4) is 5.75 Å². The molecule has 1 aromatic carbocycles. The number of aromatic nitrogens is 1. The maximum atomic E-state index is 9.77. The topological polar surface area (TPSA) is 42.4 Å². The Morgan fingerprint density at radius 2 is 2.00 bits per heavy atom. The fourth-order valence-corrected chi connectivity index (χ4v) is 1.96. The van der Waals surface area contributed by atoms with Gasteiger partial charge in [0.25, 0.3) is 0 Å². The summed E-state index contributed by atoms with van der Waals surface area (Å²) in [6.45, 7) is 6.10. The molecule has 0 radical (unpaired) electrons. The minimum atomic E-state index is -0.541. The molecule has 0 bridgehead atoms. The minimum absolute atomic E-state index is 0.407. The number of pyridine rings is 1. The van der Waals surface area contributed by atoms with Crippen LogP contribution >= 0.6 is 0 Å². The molecule has 3 heteroatoms. The van der Waals surface area contributed by atoms with Crippen LogP contribution in [0.1, 0.15) is 35.5 Å². The Labute approximate surface area is 113 Å². The van der Waals surface area contributed by atoms with E-state index in [1.54, 1.807) is 6.92 Å². The van der Waals surface area contributed by atoms with E-state index in [1.807, 2.05) is 50.2 Å². The van der Waals surface area contributed by atoms with Crippen LogP contribution in [0.15, 0.2) is 36.4 Å². The second kappa shape index (κ2) is 5.85. The van der Waals surface area contributed by atoms with Crippen molar-refractivity contribution in [2.45, 2.75) is 33.5 Å². The summed E-state index contributed by atoms with van der Waals surface area (Å²) in [4.78, 5) is 4.39. The number of hydrogen-bond donors (Lipinski definition) is 1. The Morgan fingerprint density at radius 3 is 2.68 bits per heavy atom. The Balaban J connectivity index is 2.15. The molecule has 0 spiro atoms. The van der Waals surface area contributed by atoms with Crippen molar-refractivity contribution in [2.24, 2.45) is 0 Å². The first-order valence-electron chi connectivity index (χ1n) is 6.40. The number of aliphatic hydroxyl groups excluding tert-OH is 1. The smallest absolute Gasteiger partial charge is 0.130 e. The summed E-state index contributed by atoms with van der Waals surface area (Å²) in [5.41, 5.74) is 3.78. The third-order valence-corrected chi connectivity index (χ3v) is 2.94. The summed E-state index contributed by atoms with van der Waals surface area (Å²) >= 11 is 0. The van der Waals surface area contributed by atoms with Crippen molar-refractivity contribution in [1.82, 2.24) is 4.98 Å². The maximum absolute atomic E-state index is 9.77. The zero-order valence-corrected chi connectivity index (χ0v) is 11.6. The molecule has 19 heavy (non-hydrogen) atoms. The molecule has 2 rings (SSSR count). The van der Waals surface area contributed by atoms with Gasteiger partial charge in [-0.15, -0.1) is 0 Å². The molecule has 0 aliphatic heterocycles. The highest BCUT2D eigenvalue weighted by atomic mass is 16.5. The zero-order valence-electron chi connectivity index (χ0n) is 11.6. The van der Waals surface area contributed by atoms with Gasteiger partial charge in [0.2, 0.25) is 0 Å². The second-order valence-electron chi connectivity index (χ2n) is 4.78. The molecule has 1 heterocycles. The number of benzene rings is 1. The summed E-state index contributed by atoms with van der Waals surface area (Å²) in [7, 11) is 0. The first-order valence-corrected chi connectivity index (χ1v) is 6.40. The highest BCUT2D eigenvalue weighted by Gasteiger charge is 2.09. The van der Waals surface area contributed by atoms with Crippen LogP contribution in [0.3, 0.4) is 0 Å². The van der Waals surface area contributed by atoms with E-state index < -0.39 is 6.10 Å². The lowest BCUT2D eigenvalue weighted by Gasteiger charge is -2.14. The van der Waals surface area contributed by atoms with Crippen LogP contribution < -0.4 is 4.74 Å². The number of aryl methyl sites for hydroxylation is 2. The largest absolute Gasteiger partial charge is 0.487 e. The third-order valence-electron chi connectivity index (χ3n) is 2.94. The number of nitrogens with zero attached hydrogens (tertiary/aromatic N) is 1. The predicted molar refractivity (Wildman–Crippen MR) is 75.1 cm³/mol. The van der Waals surface area contributed by atoms with Crippen molar-refractivity contribution < 1.29 is 9.84 Å². The lowest BCUT2D eigenvalue weighted by atomic mass is 10.1. The van der Waals surface area contributed by atoms with E-state index in [0.29, 0.717) is 12.4 Å². The summed E-state index contributed by atoms with van der Waals surface area (Å²) in [5.74, 6) is 0.712. The van der Waals surface area contributed by atoms with Crippen LogP contribution in [0.25, 0.3) is 0 Å². The van der Waals surface area contributed by atoms with E-state index in [4.69, 9.17) is 4.74 Å². The van der Waals surface area contributed by atoms with Gasteiger partial charge in [0.15, 0.2) is 0 Å². The van der Waals surface area contributed by atoms with Crippen molar-refractivity contribution in [3.05, 3.63) is 58.9 Å². The Hall–Kier alpha value is -1.87. The van der Waals surface area contributed by atoms with E-state index >= 15 is 0 Å². The summed E-state index contributed by atoms with van der Waals surface area (Å²) in [5, 5.41) is 9.77. The Bertz CT molecular complexity index is 564. The lowest BCUT2D eigenvalue weighted by molar-refractivity contribution is 0.189. The average Bonchev–Trinajstić information content (AvgIpc) is 2.37. The van der Waals surface area contributed by atoms with Crippen LogP contribution in [0.4, 0.5) is 0 Å². The van der Waals surface area contributed by atoms with Crippen LogP contribution in [-0.4, -0.2) is 10.1 Å². The van der Waals surface area contributed by atoms with Gasteiger partial charge in [-0.1, -0.05) is 17.7 Å². The van der Waals surface area contributed by atoms with Crippen LogP contribution in [0, 0.1) is 13.8 Å². The number of rotatable bonds is 4. The SMILES string of the molecule is Cc1ccc(OCc2cccc(C)n2)c([C@@H](C)O)c1. The molecule has 100 valence electrons. The molecule has 1 atom stereocenters. The summed E-state index contributed by atoms with van der Waals surface area (Å²) < 4.78 is 5.77. The second-order valence-corrected chi connectivity index (χ2v) is 4.78. The number of ether oxygens (including phenoxy) is 1. The molecule has 0 fully saturated rings. The monoisotopic (exact) mass is 257 g/mol. The van der Waals surface area contributed by atoms with Crippen molar-refractivity contribution in [2.75, 3.05) is 0 Å². The molecule has 0 unspecified atom stereocenters. The minimum Gasteiger partial charge on any atom is -0.487 e.